The summed E-state index contributed by atoms with van der Waals surface area (Å²) in [7, 11) is 3.14. The summed E-state index contributed by atoms with van der Waals surface area (Å²) in [5.41, 5.74) is 2.74. The van der Waals surface area contributed by atoms with Crippen molar-refractivity contribution >= 4 is 28.8 Å². The number of amidine groups is 1. The van der Waals surface area contributed by atoms with Crippen LogP contribution >= 0.6 is 11.8 Å². The predicted octanol–water partition coefficient (Wildman–Crippen LogP) is 4.72. The van der Waals surface area contributed by atoms with Gasteiger partial charge in [0.25, 0.3) is 0 Å². The molecule has 0 aliphatic carbocycles. The topological polar surface area (TPSA) is 102 Å². The van der Waals surface area contributed by atoms with Gasteiger partial charge in [-0.05, 0) is 68.5 Å². The van der Waals surface area contributed by atoms with Crippen molar-refractivity contribution in [3.05, 3.63) is 76.2 Å². The number of rotatable bonds is 8. The van der Waals surface area contributed by atoms with E-state index in [2.05, 4.69) is 10.3 Å². The minimum absolute atomic E-state index is 0.113. The molecule has 200 valence electrons. The van der Waals surface area contributed by atoms with Crippen LogP contribution in [-0.4, -0.2) is 46.7 Å². The van der Waals surface area contributed by atoms with Gasteiger partial charge in [-0.2, -0.15) is 0 Å². The monoisotopic (exact) mass is 536 g/mol. The van der Waals surface area contributed by atoms with Crippen molar-refractivity contribution in [3.8, 4) is 11.5 Å². The Morgan fingerprint density at radius 2 is 1.79 bits per heavy atom. The lowest BCUT2D eigenvalue weighted by atomic mass is 9.93. The molecular weight excluding hydrogens is 504 g/mol. The number of carbonyl (C=O) groups is 2. The molecule has 0 saturated heterocycles. The van der Waals surface area contributed by atoms with E-state index >= 15 is 0 Å². The van der Waals surface area contributed by atoms with Crippen molar-refractivity contribution in [2.45, 2.75) is 52.3 Å². The number of ether oxygens (including phenoxy) is 3. The second kappa shape index (κ2) is 11.3. The Morgan fingerprint density at radius 1 is 1.08 bits per heavy atom. The van der Waals surface area contributed by atoms with Crippen LogP contribution in [0.5, 0.6) is 11.5 Å². The Bertz CT molecular complexity index is 1310. The molecule has 1 N–H and O–H groups in total. The van der Waals surface area contributed by atoms with Gasteiger partial charge >= 0.3 is 5.97 Å². The van der Waals surface area contributed by atoms with Crippen LogP contribution in [0.2, 0.25) is 0 Å². The summed E-state index contributed by atoms with van der Waals surface area (Å²) in [4.78, 5) is 37.1. The molecule has 1 amide bonds. The van der Waals surface area contributed by atoms with Crippen molar-refractivity contribution in [2.75, 3.05) is 14.2 Å². The van der Waals surface area contributed by atoms with Crippen LogP contribution in [0.15, 0.2) is 70.1 Å². The zero-order valence-corrected chi connectivity index (χ0v) is 23.2. The van der Waals surface area contributed by atoms with E-state index in [1.165, 1.54) is 11.8 Å². The number of nitrogens with zero attached hydrogens (tertiary/aromatic N) is 3. The Morgan fingerprint density at radius 3 is 2.45 bits per heavy atom. The van der Waals surface area contributed by atoms with Crippen LogP contribution in [0.3, 0.4) is 0 Å². The molecule has 0 fully saturated rings. The molecule has 9 nitrogen and oxygen atoms in total. The van der Waals surface area contributed by atoms with E-state index in [0.717, 1.165) is 16.8 Å². The van der Waals surface area contributed by atoms with Gasteiger partial charge in [0.05, 0.1) is 38.0 Å². The van der Waals surface area contributed by atoms with E-state index in [4.69, 9.17) is 19.2 Å². The SMILES string of the molecule is COc1ccc(C2C(C(=O)OC(C)(C)C)=C(C)N=C3SC=C(CC(=O)NCc4ccncc4)N32)cc1OC. The van der Waals surface area contributed by atoms with Crippen molar-refractivity contribution in [1.82, 2.24) is 15.2 Å². The third kappa shape index (κ3) is 6.02. The van der Waals surface area contributed by atoms with Gasteiger partial charge in [0, 0.05) is 24.6 Å². The summed E-state index contributed by atoms with van der Waals surface area (Å²) in [5.74, 6) is 0.493. The first-order valence-electron chi connectivity index (χ1n) is 12.2. The van der Waals surface area contributed by atoms with Crippen LogP contribution in [0.25, 0.3) is 0 Å². The lowest BCUT2D eigenvalue weighted by molar-refractivity contribution is -0.150. The Balaban J connectivity index is 1.68. The first kappa shape index (κ1) is 27.3. The molecule has 0 bridgehead atoms. The average molecular weight is 537 g/mol. The quantitative estimate of drug-likeness (QED) is 0.484. The first-order valence-corrected chi connectivity index (χ1v) is 13.0. The van der Waals surface area contributed by atoms with Gasteiger partial charge in [-0.1, -0.05) is 17.8 Å². The maximum atomic E-state index is 13.5. The van der Waals surface area contributed by atoms with Crippen molar-refractivity contribution in [1.29, 1.82) is 0 Å². The molecule has 2 aliphatic heterocycles. The molecule has 10 heteroatoms. The van der Waals surface area contributed by atoms with Crippen molar-refractivity contribution in [2.24, 2.45) is 4.99 Å². The minimum atomic E-state index is -0.693. The summed E-state index contributed by atoms with van der Waals surface area (Å²) in [6, 6.07) is 8.66. The van der Waals surface area contributed by atoms with Gasteiger partial charge in [-0.15, -0.1) is 0 Å². The summed E-state index contributed by atoms with van der Waals surface area (Å²) in [6.45, 7) is 7.68. The van der Waals surface area contributed by atoms with Crippen LogP contribution in [-0.2, 0) is 20.9 Å². The Kier molecular flexibility index (Phi) is 8.11. The second-order valence-electron chi connectivity index (χ2n) is 9.82. The molecule has 1 aromatic carbocycles. The number of aromatic nitrogens is 1. The second-order valence-corrected chi connectivity index (χ2v) is 10.7. The molecule has 0 spiro atoms. The van der Waals surface area contributed by atoms with E-state index in [1.54, 1.807) is 39.6 Å². The van der Waals surface area contributed by atoms with E-state index in [0.29, 0.717) is 34.5 Å². The maximum absolute atomic E-state index is 13.5. The van der Waals surface area contributed by atoms with Crippen LogP contribution < -0.4 is 14.8 Å². The van der Waals surface area contributed by atoms with Crippen LogP contribution in [0, 0.1) is 0 Å². The summed E-state index contributed by atoms with van der Waals surface area (Å²) >= 11 is 1.42. The summed E-state index contributed by atoms with van der Waals surface area (Å²) in [5, 5.41) is 5.55. The number of aliphatic imine (C=N–C) groups is 1. The highest BCUT2D eigenvalue weighted by molar-refractivity contribution is 8.16. The van der Waals surface area contributed by atoms with E-state index in [9.17, 15) is 9.59 Å². The smallest absolute Gasteiger partial charge is 0.338 e. The molecule has 38 heavy (non-hydrogen) atoms. The number of fused-ring (bicyclic) bond motifs is 1. The molecule has 0 saturated carbocycles. The number of thioether (sulfide) groups is 1. The molecule has 3 heterocycles. The molecule has 2 aliphatic rings. The number of nitrogens with one attached hydrogen (secondary N) is 1. The maximum Gasteiger partial charge on any atom is 0.338 e. The molecule has 1 aromatic heterocycles. The largest absolute Gasteiger partial charge is 0.493 e. The molecule has 0 radical (unpaired) electrons. The van der Waals surface area contributed by atoms with E-state index < -0.39 is 17.6 Å². The van der Waals surface area contributed by atoms with Gasteiger partial charge in [0.1, 0.15) is 5.60 Å². The number of methoxy groups -OCH3 is 2. The van der Waals surface area contributed by atoms with Gasteiger partial charge in [-0.25, -0.2) is 9.79 Å². The average Bonchev–Trinajstić information content (AvgIpc) is 3.27. The summed E-state index contributed by atoms with van der Waals surface area (Å²) in [6.07, 6.45) is 3.49. The molecule has 2 aromatic rings. The lowest BCUT2D eigenvalue weighted by Gasteiger charge is -2.37. The Labute approximate surface area is 227 Å². The Hall–Kier alpha value is -3.79. The third-order valence-electron chi connectivity index (χ3n) is 5.92. The van der Waals surface area contributed by atoms with Gasteiger partial charge in [-0.3, -0.25) is 9.78 Å². The number of benzene rings is 1. The molecule has 4 rings (SSSR count). The van der Waals surface area contributed by atoms with Crippen molar-refractivity contribution < 1.29 is 23.8 Å². The number of esters is 1. The van der Waals surface area contributed by atoms with E-state index in [-0.39, 0.29) is 12.3 Å². The predicted molar refractivity (Wildman–Crippen MR) is 146 cm³/mol. The third-order valence-corrected chi connectivity index (χ3v) is 6.81. The van der Waals surface area contributed by atoms with Crippen molar-refractivity contribution in [3.63, 3.8) is 0 Å². The highest BCUT2D eigenvalue weighted by atomic mass is 32.2. The fraction of sp³-hybridized carbons (Fsp3) is 0.357. The summed E-state index contributed by atoms with van der Waals surface area (Å²) < 4.78 is 16.8. The fourth-order valence-electron chi connectivity index (χ4n) is 4.23. The fourth-order valence-corrected chi connectivity index (χ4v) is 5.19. The van der Waals surface area contributed by atoms with Crippen LogP contribution in [0.4, 0.5) is 0 Å². The molecule has 1 unspecified atom stereocenters. The number of hydrogen-bond donors (Lipinski definition) is 1. The van der Waals surface area contributed by atoms with Crippen LogP contribution in [0.1, 0.15) is 51.3 Å². The normalized spacial score (nSPS) is 16.9. The highest BCUT2D eigenvalue weighted by Crippen LogP contribution is 2.46. The molecular formula is C28H32N4O5S. The lowest BCUT2D eigenvalue weighted by Crippen LogP contribution is -2.39. The number of pyridine rings is 1. The molecule has 1 atom stereocenters. The van der Waals surface area contributed by atoms with E-state index in [1.807, 2.05) is 55.3 Å². The highest BCUT2D eigenvalue weighted by Gasteiger charge is 2.42. The van der Waals surface area contributed by atoms with Gasteiger partial charge in [0.15, 0.2) is 16.7 Å². The number of allylic oxidation sites excluding steroid dienone is 1. The zero-order valence-electron chi connectivity index (χ0n) is 22.4. The number of amides is 1. The van der Waals surface area contributed by atoms with Gasteiger partial charge in [0.2, 0.25) is 5.91 Å². The standard InChI is InChI=1S/C28H32N4O5S/c1-17-24(26(34)37-28(2,3)4)25(19-7-8-21(35-5)22(13-19)36-6)32-20(16-38-27(32)31-17)14-23(33)30-15-18-9-11-29-12-10-18/h7-13,16,25H,14-15H2,1-6H3,(H,30,33). The number of hydrogen-bond acceptors (Lipinski definition) is 9. The zero-order chi connectivity index (χ0) is 27.4. The minimum Gasteiger partial charge on any atom is -0.493 e. The number of carbonyl (C=O) groups excluding carboxylic acids is 2. The van der Waals surface area contributed by atoms with Gasteiger partial charge < -0.3 is 24.4 Å². The first-order chi connectivity index (χ1) is 18.1.